The van der Waals surface area contributed by atoms with Crippen molar-refractivity contribution >= 4 is 28.3 Å². The van der Waals surface area contributed by atoms with Crippen LogP contribution in [0.4, 0.5) is 0 Å². The average molecular weight is 219 g/mol. The Labute approximate surface area is 92.1 Å². The molecule has 0 aromatic carbocycles. The van der Waals surface area contributed by atoms with Gasteiger partial charge in [0.2, 0.25) is 0 Å². The van der Waals surface area contributed by atoms with Crippen molar-refractivity contribution in [3.8, 4) is 0 Å². The normalized spacial score (nSPS) is 10.0. The number of hydrogen-bond donors (Lipinski definition) is 1. The lowest BCUT2D eigenvalue weighted by Crippen LogP contribution is -2.19. The van der Waals surface area contributed by atoms with Crippen LogP contribution >= 0.6 is 24.0 Å². The summed E-state index contributed by atoms with van der Waals surface area (Å²) in [7, 11) is 0. The molecule has 13 heavy (non-hydrogen) atoms. The van der Waals surface area contributed by atoms with Crippen LogP contribution in [0.1, 0.15) is 46.0 Å². The van der Waals surface area contributed by atoms with Gasteiger partial charge in [-0.3, -0.25) is 0 Å². The van der Waals surface area contributed by atoms with Crippen molar-refractivity contribution in [1.82, 2.24) is 5.32 Å². The maximum absolute atomic E-state index is 5.17. The Morgan fingerprint density at radius 1 is 1.15 bits per heavy atom. The van der Waals surface area contributed by atoms with E-state index in [1.807, 2.05) is 0 Å². The predicted octanol–water partition coefficient (Wildman–Crippen LogP) is 3.58. The fourth-order valence-electron chi connectivity index (χ4n) is 0.926. The van der Waals surface area contributed by atoms with Gasteiger partial charge in [0.1, 0.15) is 4.32 Å². The average Bonchev–Trinajstić information content (AvgIpc) is 2.13. The molecule has 1 N–H and O–H groups in total. The number of rotatable bonds is 7. The van der Waals surface area contributed by atoms with Gasteiger partial charge in [0.05, 0.1) is 0 Å². The largest absolute Gasteiger partial charge is 0.371 e. The molecule has 0 radical (unpaired) electrons. The summed E-state index contributed by atoms with van der Waals surface area (Å²) in [4.78, 5) is 0. The monoisotopic (exact) mass is 219 g/mol. The molecular formula is C10H21NS2. The Kier molecular flexibility index (Phi) is 10.5. The van der Waals surface area contributed by atoms with E-state index in [9.17, 15) is 0 Å². The highest BCUT2D eigenvalue weighted by molar-refractivity contribution is 8.22. The standard InChI is InChI=1S/C10H21NS2/c1-3-5-7-8-11-10(12)13-9-6-4-2/h3-9H2,1-2H3,(H,11,12). The van der Waals surface area contributed by atoms with E-state index in [0.717, 1.165) is 16.6 Å². The molecule has 0 unspecified atom stereocenters. The van der Waals surface area contributed by atoms with Gasteiger partial charge in [0.15, 0.2) is 0 Å². The minimum Gasteiger partial charge on any atom is -0.371 e. The van der Waals surface area contributed by atoms with Gasteiger partial charge >= 0.3 is 0 Å². The van der Waals surface area contributed by atoms with Crippen molar-refractivity contribution < 1.29 is 0 Å². The second kappa shape index (κ2) is 10.3. The van der Waals surface area contributed by atoms with E-state index in [1.54, 1.807) is 11.8 Å². The van der Waals surface area contributed by atoms with E-state index < -0.39 is 0 Å². The molecule has 0 aliphatic rings. The lowest BCUT2D eigenvalue weighted by Gasteiger charge is -2.05. The molecule has 1 nitrogen and oxygen atoms in total. The SMILES string of the molecule is CCCCCNC(=S)SCCCC. The van der Waals surface area contributed by atoms with Crippen molar-refractivity contribution in [2.45, 2.75) is 46.0 Å². The Hall–Kier alpha value is 0.240. The van der Waals surface area contributed by atoms with Crippen molar-refractivity contribution in [2.24, 2.45) is 0 Å². The number of unbranched alkanes of at least 4 members (excludes halogenated alkanes) is 3. The van der Waals surface area contributed by atoms with Gasteiger partial charge in [-0.05, 0) is 12.8 Å². The van der Waals surface area contributed by atoms with E-state index in [0.29, 0.717) is 0 Å². The molecule has 0 amide bonds. The van der Waals surface area contributed by atoms with Crippen LogP contribution in [0.2, 0.25) is 0 Å². The van der Waals surface area contributed by atoms with Crippen LogP contribution in [0.3, 0.4) is 0 Å². The molecule has 0 aromatic heterocycles. The highest BCUT2D eigenvalue weighted by Crippen LogP contribution is 2.05. The molecule has 0 aliphatic carbocycles. The second-order valence-corrected chi connectivity index (χ2v) is 4.90. The van der Waals surface area contributed by atoms with Crippen molar-refractivity contribution in [1.29, 1.82) is 0 Å². The highest BCUT2D eigenvalue weighted by atomic mass is 32.2. The summed E-state index contributed by atoms with van der Waals surface area (Å²) in [6.07, 6.45) is 6.34. The van der Waals surface area contributed by atoms with Crippen molar-refractivity contribution in [2.75, 3.05) is 12.3 Å². The fraction of sp³-hybridized carbons (Fsp3) is 0.900. The van der Waals surface area contributed by atoms with Crippen LogP contribution in [0, 0.1) is 0 Å². The zero-order chi connectivity index (χ0) is 9.94. The van der Waals surface area contributed by atoms with E-state index in [1.165, 1.54) is 32.1 Å². The van der Waals surface area contributed by atoms with Crippen molar-refractivity contribution in [3.05, 3.63) is 0 Å². The lowest BCUT2D eigenvalue weighted by molar-refractivity contribution is 0.700. The number of nitrogens with one attached hydrogen (secondary N) is 1. The fourth-order valence-corrected chi connectivity index (χ4v) is 2.10. The maximum Gasteiger partial charge on any atom is 0.133 e. The Bertz CT molecular complexity index is 126. The van der Waals surface area contributed by atoms with Gasteiger partial charge in [-0.15, -0.1) is 0 Å². The molecule has 0 spiro atoms. The smallest absolute Gasteiger partial charge is 0.133 e. The Morgan fingerprint density at radius 2 is 1.85 bits per heavy atom. The Morgan fingerprint density at radius 3 is 2.46 bits per heavy atom. The summed E-state index contributed by atoms with van der Waals surface area (Å²) >= 11 is 6.95. The van der Waals surface area contributed by atoms with Crippen LogP contribution < -0.4 is 5.32 Å². The van der Waals surface area contributed by atoms with Gasteiger partial charge in [-0.2, -0.15) is 0 Å². The summed E-state index contributed by atoms with van der Waals surface area (Å²) < 4.78 is 0.976. The summed E-state index contributed by atoms with van der Waals surface area (Å²) in [5.41, 5.74) is 0. The molecule has 0 rings (SSSR count). The Balaban J connectivity index is 3.11. The molecule has 0 fully saturated rings. The molecule has 0 saturated carbocycles. The van der Waals surface area contributed by atoms with Gasteiger partial charge in [0, 0.05) is 12.3 Å². The summed E-state index contributed by atoms with van der Waals surface area (Å²) in [5.74, 6) is 1.16. The number of thioether (sulfide) groups is 1. The molecule has 78 valence electrons. The molecule has 0 heterocycles. The molecule has 0 bridgehead atoms. The minimum atomic E-state index is 0.976. The minimum absolute atomic E-state index is 0.976. The summed E-state index contributed by atoms with van der Waals surface area (Å²) in [6.45, 7) is 5.47. The topological polar surface area (TPSA) is 12.0 Å². The van der Waals surface area contributed by atoms with Crippen LogP contribution in [0.15, 0.2) is 0 Å². The number of thiocarbonyl (C=S) groups is 1. The van der Waals surface area contributed by atoms with E-state index in [-0.39, 0.29) is 0 Å². The third kappa shape index (κ3) is 10.2. The molecule has 0 saturated heterocycles. The number of hydrogen-bond acceptors (Lipinski definition) is 2. The van der Waals surface area contributed by atoms with Crippen molar-refractivity contribution in [3.63, 3.8) is 0 Å². The predicted molar refractivity (Wildman–Crippen MR) is 67.5 cm³/mol. The first kappa shape index (κ1) is 13.2. The van der Waals surface area contributed by atoms with Crippen LogP contribution in [0.5, 0.6) is 0 Å². The van der Waals surface area contributed by atoms with Gasteiger partial charge in [-0.1, -0.05) is 57.1 Å². The van der Waals surface area contributed by atoms with Crippen LogP contribution in [0.25, 0.3) is 0 Å². The first-order valence-electron chi connectivity index (χ1n) is 5.21. The summed E-state index contributed by atoms with van der Waals surface area (Å²) in [6, 6.07) is 0. The first-order valence-corrected chi connectivity index (χ1v) is 6.61. The second-order valence-electron chi connectivity index (χ2n) is 3.12. The third-order valence-electron chi connectivity index (χ3n) is 1.78. The molecule has 3 heteroatoms. The maximum atomic E-state index is 5.17. The molecular weight excluding hydrogens is 198 g/mol. The molecule has 0 atom stereocenters. The molecule has 0 aromatic rings. The lowest BCUT2D eigenvalue weighted by atomic mass is 10.2. The van der Waals surface area contributed by atoms with E-state index >= 15 is 0 Å². The first-order chi connectivity index (χ1) is 6.31. The van der Waals surface area contributed by atoms with E-state index in [2.05, 4.69) is 19.2 Å². The zero-order valence-electron chi connectivity index (χ0n) is 8.77. The van der Waals surface area contributed by atoms with Gasteiger partial charge in [0.25, 0.3) is 0 Å². The van der Waals surface area contributed by atoms with Crippen LogP contribution in [-0.4, -0.2) is 16.6 Å². The van der Waals surface area contributed by atoms with Gasteiger partial charge in [-0.25, -0.2) is 0 Å². The zero-order valence-corrected chi connectivity index (χ0v) is 10.4. The van der Waals surface area contributed by atoms with Gasteiger partial charge < -0.3 is 5.32 Å². The quantitative estimate of drug-likeness (QED) is 0.519. The third-order valence-corrected chi connectivity index (χ3v) is 3.18. The highest BCUT2D eigenvalue weighted by Gasteiger charge is 1.95. The van der Waals surface area contributed by atoms with E-state index in [4.69, 9.17) is 12.2 Å². The summed E-state index contributed by atoms with van der Waals surface area (Å²) in [5, 5.41) is 3.27. The molecule has 0 aliphatic heterocycles. The van der Waals surface area contributed by atoms with Crippen LogP contribution in [-0.2, 0) is 0 Å².